The van der Waals surface area contributed by atoms with Gasteiger partial charge in [-0.15, -0.1) is 10.2 Å². The van der Waals surface area contributed by atoms with Gasteiger partial charge in [0.1, 0.15) is 5.76 Å². The largest absolute Gasteiger partial charge is 0.378 e. The monoisotopic (exact) mass is 358 g/mol. The third kappa shape index (κ3) is 3.66. The highest BCUT2D eigenvalue weighted by Crippen LogP contribution is 2.20. The Morgan fingerprint density at radius 1 is 0.885 bits per heavy atom. The van der Waals surface area contributed by atoms with Crippen molar-refractivity contribution in [3.8, 4) is 0 Å². The third-order valence-electron chi connectivity index (χ3n) is 5.23. The summed E-state index contributed by atoms with van der Waals surface area (Å²) in [5.74, 6) is 2.82. The number of nitrogens with zero attached hydrogens (tertiary/aromatic N) is 6. The molecule has 0 spiro atoms. The van der Waals surface area contributed by atoms with Gasteiger partial charge < -0.3 is 19.1 Å². The third-order valence-corrected chi connectivity index (χ3v) is 5.23. The lowest BCUT2D eigenvalue weighted by Gasteiger charge is -2.35. The van der Waals surface area contributed by atoms with E-state index in [0.29, 0.717) is 0 Å². The zero-order valence-electron chi connectivity index (χ0n) is 15.5. The van der Waals surface area contributed by atoms with Crippen molar-refractivity contribution in [1.82, 2.24) is 20.3 Å². The van der Waals surface area contributed by atoms with Gasteiger partial charge in [-0.2, -0.15) is 0 Å². The molecule has 140 valence electrons. The summed E-state index contributed by atoms with van der Waals surface area (Å²) < 4.78 is 10.7. The summed E-state index contributed by atoms with van der Waals surface area (Å²) in [5.41, 5.74) is 2.21. The molecule has 0 N–H and O–H groups in total. The van der Waals surface area contributed by atoms with Crippen molar-refractivity contribution >= 4 is 11.6 Å². The van der Waals surface area contributed by atoms with Crippen molar-refractivity contribution in [2.45, 2.75) is 20.4 Å². The van der Waals surface area contributed by atoms with Crippen LogP contribution >= 0.6 is 0 Å². The van der Waals surface area contributed by atoms with Gasteiger partial charge in [0.2, 0.25) is 0 Å². The minimum absolute atomic E-state index is 0.760. The maximum atomic E-state index is 5.39. The first-order valence-electron chi connectivity index (χ1n) is 9.26. The molecule has 0 radical (unpaired) electrons. The number of hydrogen-bond acceptors (Lipinski definition) is 8. The molecule has 2 aromatic rings. The highest BCUT2D eigenvalue weighted by Gasteiger charge is 2.21. The molecule has 0 aliphatic carbocycles. The number of piperazine rings is 1. The molecule has 8 nitrogen and oxygen atoms in total. The summed E-state index contributed by atoms with van der Waals surface area (Å²) in [7, 11) is 0. The van der Waals surface area contributed by atoms with Crippen LogP contribution in [0.1, 0.15) is 17.0 Å². The van der Waals surface area contributed by atoms with Crippen LogP contribution in [-0.2, 0) is 11.3 Å². The molecular formula is C18H26N6O2. The van der Waals surface area contributed by atoms with E-state index in [-0.39, 0.29) is 0 Å². The predicted octanol–water partition coefficient (Wildman–Crippen LogP) is 1.24. The Balaban J connectivity index is 1.33. The number of aryl methyl sites for hydroxylation is 2. The first-order chi connectivity index (χ1) is 12.7. The van der Waals surface area contributed by atoms with Gasteiger partial charge in [-0.1, -0.05) is 5.16 Å². The highest BCUT2D eigenvalue weighted by atomic mass is 16.5. The van der Waals surface area contributed by atoms with E-state index >= 15 is 0 Å². The fraction of sp³-hybridized carbons (Fsp3) is 0.611. The second-order valence-corrected chi connectivity index (χ2v) is 6.92. The summed E-state index contributed by atoms with van der Waals surface area (Å²) in [6.07, 6.45) is 0. The number of anilines is 2. The van der Waals surface area contributed by atoms with Gasteiger partial charge in [0.25, 0.3) is 0 Å². The first-order valence-corrected chi connectivity index (χ1v) is 9.26. The van der Waals surface area contributed by atoms with E-state index < -0.39 is 0 Å². The Bertz CT molecular complexity index is 698. The average molecular weight is 358 g/mol. The van der Waals surface area contributed by atoms with Crippen molar-refractivity contribution in [3.63, 3.8) is 0 Å². The number of rotatable bonds is 4. The van der Waals surface area contributed by atoms with Crippen molar-refractivity contribution in [1.29, 1.82) is 0 Å². The molecule has 2 aliphatic heterocycles. The van der Waals surface area contributed by atoms with Gasteiger partial charge in [-0.25, -0.2) is 0 Å². The van der Waals surface area contributed by atoms with Crippen LogP contribution in [-0.4, -0.2) is 72.7 Å². The Kier molecular flexibility index (Phi) is 5.03. The fourth-order valence-electron chi connectivity index (χ4n) is 3.53. The fourth-order valence-corrected chi connectivity index (χ4v) is 3.53. The summed E-state index contributed by atoms with van der Waals surface area (Å²) in [4.78, 5) is 6.97. The van der Waals surface area contributed by atoms with Gasteiger partial charge >= 0.3 is 0 Å². The molecule has 2 aromatic heterocycles. The van der Waals surface area contributed by atoms with Gasteiger partial charge in [0.15, 0.2) is 11.6 Å². The molecule has 0 unspecified atom stereocenters. The van der Waals surface area contributed by atoms with Crippen molar-refractivity contribution < 1.29 is 9.26 Å². The smallest absolute Gasteiger partial charge is 0.151 e. The zero-order chi connectivity index (χ0) is 17.9. The van der Waals surface area contributed by atoms with Crippen LogP contribution in [0.4, 0.5) is 11.6 Å². The maximum absolute atomic E-state index is 5.39. The van der Waals surface area contributed by atoms with E-state index in [2.05, 4.69) is 42.2 Å². The first kappa shape index (κ1) is 17.2. The highest BCUT2D eigenvalue weighted by molar-refractivity contribution is 5.45. The van der Waals surface area contributed by atoms with Crippen LogP contribution in [0.2, 0.25) is 0 Å². The molecule has 0 amide bonds. The molecule has 0 atom stereocenters. The topological polar surface area (TPSA) is 70.8 Å². The van der Waals surface area contributed by atoms with Crippen molar-refractivity contribution in [3.05, 3.63) is 29.2 Å². The number of ether oxygens (including phenoxy) is 1. The van der Waals surface area contributed by atoms with E-state index in [0.717, 1.165) is 82.1 Å². The molecule has 2 aliphatic rings. The van der Waals surface area contributed by atoms with Crippen molar-refractivity contribution in [2.24, 2.45) is 0 Å². The van der Waals surface area contributed by atoms with Gasteiger partial charge in [-0.05, 0) is 26.0 Å². The zero-order valence-corrected chi connectivity index (χ0v) is 15.5. The lowest BCUT2D eigenvalue weighted by atomic mass is 10.2. The minimum Gasteiger partial charge on any atom is -0.378 e. The van der Waals surface area contributed by atoms with Crippen LogP contribution < -0.4 is 9.80 Å². The maximum Gasteiger partial charge on any atom is 0.151 e. The van der Waals surface area contributed by atoms with E-state index in [1.807, 2.05) is 13.8 Å². The van der Waals surface area contributed by atoms with Crippen LogP contribution in [0.3, 0.4) is 0 Å². The van der Waals surface area contributed by atoms with Crippen LogP contribution in [0, 0.1) is 13.8 Å². The Labute approximate surface area is 153 Å². The van der Waals surface area contributed by atoms with Crippen LogP contribution in [0.25, 0.3) is 0 Å². The molecule has 26 heavy (non-hydrogen) atoms. The molecule has 4 heterocycles. The van der Waals surface area contributed by atoms with Crippen LogP contribution in [0.5, 0.6) is 0 Å². The molecule has 8 heteroatoms. The Morgan fingerprint density at radius 3 is 2.04 bits per heavy atom. The Hall–Kier alpha value is -2.19. The minimum atomic E-state index is 0.760. The second-order valence-electron chi connectivity index (χ2n) is 6.92. The lowest BCUT2D eigenvalue weighted by Crippen LogP contribution is -2.46. The SMILES string of the molecule is Cc1noc(C)c1CN1CCN(c2ccc(N3CCOCC3)nn2)CC1. The molecule has 4 rings (SSSR count). The standard InChI is InChI=1S/C18H26N6O2/c1-14-16(15(2)26-21-14)13-22-5-7-23(8-6-22)17-3-4-18(20-19-17)24-9-11-25-12-10-24/h3-4H,5-13H2,1-2H3. The van der Waals surface area contributed by atoms with E-state index in [1.165, 1.54) is 5.56 Å². The van der Waals surface area contributed by atoms with E-state index in [9.17, 15) is 0 Å². The summed E-state index contributed by atoms with van der Waals surface area (Å²) >= 11 is 0. The quantitative estimate of drug-likeness (QED) is 0.809. The summed E-state index contributed by atoms with van der Waals surface area (Å²) in [6.45, 7) is 12.1. The molecule has 0 aromatic carbocycles. The number of aromatic nitrogens is 3. The average Bonchev–Trinajstić information content (AvgIpc) is 3.01. The number of morpholine rings is 1. The lowest BCUT2D eigenvalue weighted by molar-refractivity contribution is 0.122. The molecule has 2 saturated heterocycles. The van der Waals surface area contributed by atoms with Crippen LogP contribution in [0.15, 0.2) is 16.7 Å². The molecular weight excluding hydrogens is 332 g/mol. The van der Waals surface area contributed by atoms with Gasteiger partial charge in [0.05, 0.1) is 18.9 Å². The normalized spacial score (nSPS) is 19.2. The molecule has 0 bridgehead atoms. The second kappa shape index (κ2) is 7.59. The Morgan fingerprint density at radius 2 is 1.50 bits per heavy atom. The van der Waals surface area contributed by atoms with Gasteiger partial charge in [0, 0.05) is 51.4 Å². The van der Waals surface area contributed by atoms with Gasteiger partial charge in [-0.3, -0.25) is 4.90 Å². The number of hydrogen-bond donors (Lipinski definition) is 0. The van der Waals surface area contributed by atoms with E-state index in [4.69, 9.17) is 9.26 Å². The summed E-state index contributed by atoms with van der Waals surface area (Å²) in [5, 5.41) is 12.9. The molecule has 2 fully saturated rings. The van der Waals surface area contributed by atoms with Crippen molar-refractivity contribution in [2.75, 3.05) is 62.3 Å². The molecule has 0 saturated carbocycles. The predicted molar refractivity (Wildman–Crippen MR) is 98.5 cm³/mol. The summed E-state index contributed by atoms with van der Waals surface area (Å²) in [6, 6.07) is 4.16. The van der Waals surface area contributed by atoms with E-state index in [1.54, 1.807) is 0 Å².